The molecule has 1 heterocycles. The van der Waals surface area contributed by atoms with E-state index in [1.54, 1.807) is 18.0 Å². The average molecular weight is 293 g/mol. The van der Waals surface area contributed by atoms with Crippen molar-refractivity contribution in [2.75, 3.05) is 32.1 Å². The Balaban J connectivity index is 3.13. The van der Waals surface area contributed by atoms with E-state index in [1.807, 2.05) is 13.0 Å². The first kappa shape index (κ1) is 17.4. The van der Waals surface area contributed by atoms with Gasteiger partial charge in [-0.15, -0.1) is 0 Å². The van der Waals surface area contributed by atoms with Gasteiger partial charge < -0.3 is 15.3 Å². The molecule has 0 aliphatic carbocycles. The van der Waals surface area contributed by atoms with Gasteiger partial charge in [0, 0.05) is 43.4 Å². The van der Waals surface area contributed by atoms with Crippen LogP contribution in [0.15, 0.2) is 12.1 Å². The summed E-state index contributed by atoms with van der Waals surface area (Å²) >= 11 is 0. The molecule has 1 aromatic heterocycles. The Labute approximate surface area is 127 Å². The van der Waals surface area contributed by atoms with Gasteiger partial charge in [0.2, 0.25) is 0 Å². The number of nitrogens with one attached hydrogen (secondary N) is 1. The highest BCUT2D eigenvalue weighted by molar-refractivity contribution is 5.95. The second-order valence-corrected chi connectivity index (χ2v) is 6.09. The molecular weight excluding hydrogens is 266 g/mol. The summed E-state index contributed by atoms with van der Waals surface area (Å²) in [5, 5.41) is 12.0. The zero-order valence-corrected chi connectivity index (χ0v) is 13.7. The van der Waals surface area contributed by atoms with Crippen LogP contribution in [0.3, 0.4) is 0 Å². The number of pyridine rings is 1. The number of anilines is 1. The molecule has 1 aromatic rings. The maximum absolute atomic E-state index is 12.6. The van der Waals surface area contributed by atoms with E-state index in [-0.39, 0.29) is 17.9 Å². The van der Waals surface area contributed by atoms with Gasteiger partial charge in [-0.3, -0.25) is 4.79 Å². The first-order chi connectivity index (χ1) is 9.83. The van der Waals surface area contributed by atoms with Crippen LogP contribution in [-0.4, -0.2) is 47.6 Å². The van der Waals surface area contributed by atoms with E-state index in [2.05, 4.69) is 31.1 Å². The SMILES string of the molecule is CCN(CCCO)C(=O)c1cc(NC)nc(C(C)(C)C)c1. The first-order valence-corrected chi connectivity index (χ1v) is 7.44. The fourth-order valence-corrected chi connectivity index (χ4v) is 2.01. The summed E-state index contributed by atoms with van der Waals surface area (Å²) in [4.78, 5) is 18.9. The number of aliphatic hydroxyl groups excluding tert-OH is 1. The largest absolute Gasteiger partial charge is 0.396 e. The van der Waals surface area contributed by atoms with Gasteiger partial charge in [0.05, 0.1) is 0 Å². The molecule has 0 atom stereocenters. The maximum atomic E-state index is 12.6. The van der Waals surface area contributed by atoms with Gasteiger partial charge in [-0.25, -0.2) is 4.98 Å². The normalized spacial score (nSPS) is 11.3. The Morgan fingerprint density at radius 1 is 1.38 bits per heavy atom. The summed E-state index contributed by atoms with van der Waals surface area (Å²) in [7, 11) is 1.80. The van der Waals surface area contributed by atoms with Crippen LogP contribution in [0.4, 0.5) is 5.82 Å². The van der Waals surface area contributed by atoms with Crippen LogP contribution >= 0.6 is 0 Å². The molecule has 0 aromatic carbocycles. The minimum absolute atomic E-state index is 0.0182. The van der Waals surface area contributed by atoms with Gasteiger partial charge in [0.15, 0.2) is 0 Å². The second kappa shape index (κ2) is 7.41. The van der Waals surface area contributed by atoms with Crippen molar-refractivity contribution >= 4 is 11.7 Å². The Bertz CT molecular complexity index is 481. The highest BCUT2D eigenvalue weighted by Crippen LogP contribution is 2.24. The van der Waals surface area contributed by atoms with Crippen molar-refractivity contribution in [2.24, 2.45) is 0 Å². The van der Waals surface area contributed by atoms with Crippen molar-refractivity contribution in [3.8, 4) is 0 Å². The van der Waals surface area contributed by atoms with Crippen LogP contribution in [0, 0.1) is 0 Å². The lowest BCUT2D eigenvalue weighted by Crippen LogP contribution is -2.32. The van der Waals surface area contributed by atoms with Gasteiger partial charge in [0.25, 0.3) is 5.91 Å². The van der Waals surface area contributed by atoms with E-state index in [1.165, 1.54) is 0 Å². The Hall–Kier alpha value is -1.62. The first-order valence-electron chi connectivity index (χ1n) is 7.44. The summed E-state index contributed by atoms with van der Waals surface area (Å²) < 4.78 is 0. The van der Waals surface area contributed by atoms with Crippen LogP contribution in [0.2, 0.25) is 0 Å². The fraction of sp³-hybridized carbons (Fsp3) is 0.625. The highest BCUT2D eigenvalue weighted by atomic mass is 16.3. The number of carbonyl (C=O) groups is 1. The smallest absolute Gasteiger partial charge is 0.254 e. The Kier molecular flexibility index (Phi) is 6.15. The van der Waals surface area contributed by atoms with Gasteiger partial charge in [-0.1, -0.05) is 20.8 Å². The third kappa shape index (κ3) is 4.70. The van der Waals surface area contributed by atoms with Crippen molar-refractivity contribution < 1.29 is 9.90 Å². The Morgan fingerprint density at radius 3 is 2.52 bits per heavy atom. The third-order valence-electron chi connectivity index (χ3n) is 3.35. The molecule has 0 aliphatic rings. The van der Waals surface area contributed by atoms with Crippen LogP contribution in [0.1, 0.15) is 50.2 Å². The number of aliphatic hydroxyl groups is 1. The van der Waals surface area contributed by atoms with Crippen LogP contribution in [-0.2, 0) is 5.41 Å². The van der Waals surface area contributed by atoms with Crippen LogP contribution in [0.5, 0.6) is 0 Å². The molecule has 0 spiro atoms. The molecule has 1 rings (SSSR count). The van der Waals surface area contributed by atoms with Crippen molar-refractivity contribution in [3.05, 3.63) is 23.4 Å². The lowest BCUT2D eigenvalue weighted by Gasteiger charge is -2.23. The summed E-state index contributed by atoms with van der Waals surface area (Å²) in [5.41, 5.74) is 1.40. The van der Waals surface area contributed by atoms with Crippen molar-refractivity contribution in [1.82, 2.24) is 9.88 Å². The number of amides is 1. The van der Waals surface area contributed by atoms with Crippen LogP contribution < -0.4 is 5.32 Å². The molecule has 0 bridgehead atoms. The molecule has 21 heavy (non-hydrogen) atoms. The number of aromatic nitrogens is 1. The predicted molar refractivity (Wildman–Crippen MR) is 85.8 cm³/mol. The lowest BCUT2D eigenvalue weighted by molar-refractivity contribution is 0.0754. The van der Waals surface area contributed by atoms with Gasteiger partial charge in [0.1, 0.15) is 5.82 Å². The molecule has 1 amide bonds. The molecule has 0 radical (unpaired) electrons. The molecule has 0 aliphatic heterocycles. The summed E-state index contributed by atoms with van der Waals surface area (Å²) in [6, 6.07) is 3.64. The topological polar surface area (TPSA) is 65.5 Å². The maximum Gasteiger partial charge on any atom is 0.254 e. The minimum atomic E-state index is -0.121. The molecule has 0 fully saturated rings. The number of hydrogen-bond acceptors (Lipinski definition) is 4. The van der Waals surface area contributed by atoms with Crippen molar-refractivity contribution in [3.63, 3.8) is 0 Å². The van der Waals surface area contributed by atoms with E-state index >= 15 is 0 Å². The zero-order chi connectivity index (χ0) is 16.0. The molecule has 0 unspecified atom stereocenters. The standard InChI is InChI=1S/C16H27N3O2/c1-6-19(8-7-9-20)15(21)12-10-13(16(2,3)4)18-14(11-12)17-5/h10-11,20H,6-9H2,1-5H3,(H,17,18). The van der Waals surface area contributed by atoms with E-state index in [0.717, 1.165) is 5.69 Å². The predicted octanol–water partition coefficient (Wildman–Crippen LogP) is 2.27. The fourth-order valence-electron chi connectivity index (χ4n) is 2.01. The molecular formula is C16H27N3O2. The third-order valence-corrected chi connectivity index (χ3v) is 3.35. The van der Waals surface area contributed by atoms with Gasteiger partial charge >= 0.3 is 0 Å². The highest BCUT2D eigenvalue weighted by Gasteiger charge is 2.21. The number of nitrogens with zero attached hydrogens (tertiary/aromatic N) is 2. The second-order valence-electron chi connectivity index (χ2n) is 6.09. The van der Waals surface area contributed by atoms with Crippen LogP contribution in [0.25, 0.3) is 0 Å². The Morgan fingerprint density at radius 2 is 2.05 bits per heavy atom. The minimum Gasteiger partial charge on any atom is -0.396 e. The van der Waals surface area contributed by atoms with Crippen molar-refractivity contribution in [1.29, 1.82) is 0 Å². The monoisotopic (exact) mass is 293 g/mol. The number of rotatable bonds is 6. The van der Waals surface area contributed by atoms with E-state index < -0.39 is 0 Å². The van der Waals surface area contributed by atoms with E-state index in [0.29, 0.717) is 30.9 Å². The summed E-state index contributed by atoms with van der Waals surface area (Å²) in [5.74, 6) is 0.680. The zero-order valence-electron chi connectivity index (χ0n) is 13.7. The summed E-state index contributed by atoms with van der Waals surface area (Å²) in [6.07, 6.45) is 0.593. The van der Waals surface area contributed by atoms with Gasteiger partial charge in [-0.2, -0.15) is 0 Å². The van der Waals surface area contributed by atoms with Crippen molar-refractivity contribution in [2.45, 2.75) is 39.5 Å². The molecule has 2 N–H and O–H groups in total. The number of hydrogen-bond donors (Lipinski definition) is 2. The average Bonchev–Trinajstić information content (AvgIpc) is 2.46. The quantitative estimate of drug-likeness (QED) is 0.844. The summed E-state index contributed by atoms with van der Waals surface area (Å²) in [6.45, 7) is 9.45. The van der Waals surface area contributed by atoms with E-state index in [9.17, 15) is 4.79 Å². The molecule has 5 nitrogen and oxygen atoms in total. The lowest BCUT2D eigenvalue weighted by atomic mass is 9.90. The molecule has 0 saturated heterocycles. The molecule has 118 valence electrons. The molecule has 0 saturated carbocycles. The number of carbonyl (C=O) groups excluding carboxylic acids is 1. The molecule has 5 heteroatoms. The van der Waals surface area contributed by atoms with E-state index in [4.69, 9.17) is 5.11 Å². The van der Waals surface area contributed by atoms with Gasteiger partial charge in [-0.05, 0) is 25.5 Å².